The van der Waals surface area contributed by atoms with Crippen LogP contribution < -0.4 is 16.4 Å². The van der Waals surface area contributed by atoms with Crippen molar-refractivity contribution in [1.29, 1.82) is 0 Å². The first-order valence-corrected chi connectivity index (χ1v) is 10.9. The first kappa shape index (κ1) is 20.2. The van der Waals surface area contributed by atoms with Gasteiger partial charge in [0, 0.05) is 42.6 Å². The van der Waals surface area contributed by atoms with Crippen LogP contribution in [0.15, 0.2) is 36.5 Å². The van der Waals surface area contributed by atoms with Crippen LogP contribution in [0.2, 0.25) is 0 Å². The molecule has 1 amide bonds. The number of nitrogens with two attached hydrogens (primary N) is 1. The summed E-state index contributed by atoms with van der Waals surface area (Å²) in [6, 6.07) is 9.39. The highest BCUT2D eigenvalue weighted by molar-refractivity contribution is 6.28. The van der Waals surface area contributed by atoms with Crippen molar-refractivity contribution in [3.05, 3.63) is 42.1 Å². The largest absolute Gasteiger partial charge is 0.390 e. The highest BCUT2D eigenvalue weighted by Crippen LogP contribution is 2.72. The number of carbonyl (C=O) groups is 1. The summed E-state index contributed by atoms with van der Waals surface area (Å²) in [5, 5.41) is 17.7. The summed E-state index contributed by atoms with van der Waals surface area (Å²) in [6.07, 6.45) is 2.46. The number of hydrogen-bond donors (Lipinski definition) is 4. The molecule has 0 radical (unpaired) electrons. The van der Waals surface area contributed by atoms with Crippen molar-refractivity contribution < 1.29 is 14.6 Å². The van der Waals surface area contributed by atoms with Gasteiger partial charge in [0.25, 0.3) is 5.91 Å². The van der Waals surface area contributed by atoms with Gasteiger partial charge in [0.1, 0.15) is 0 Å². The molecule has 3 fully saturated rings. The number of amides is 1. The second-order valence-corrected chi connectivity index (χ2v) is 9.45. The maximum Gasteiger partial charge on any atom is 0.253 e. The molecule has 160 valence electrons. The first-order chi connectivity index (χ1) is 14.5. The standard InChI is InChI=1S/C22H27ClN4O3/c23-22-17(10-26-19(29)15-5-1-3-13-4-2-7-25-18(13)15)21(22,12-27-20(22)24)9-14-6-8-30-11-16(14)28/h1-5,7,14,16-17,20,27-28H,6,8-12,24H2,(H,26,29). The van der Waals surface area contributed by atoms with Crippen LogP contribution in [0.25, 0.3) is 10.9 Å². The summed E-state index contributed by atoms with van der Waals surface area (Å²) in [5.74, 6) is 0.0177. The molecule has 1 aliphatic carbocycles. The zero-order valence-electron chi connectivity index (χ0n) is 16.7. The molecule has 3 aliphatic rings. The fourth-order valence-electron chi connectivity index (χ4n) is 5.66. The van der Waals surface area contributed by atoms with Gasteiger partial charge in [-0.1, -0.05) is 18.2 Å². The molecule has 7 nitrogen and oxygen atoms in total. The third-order valence-electron chi connectivity index (χ3n) is 7.38. The number of fused-ring (bicyclic) bond motifs is 2. The van der Waals surface area contributed by atoms with Crippen LogP contribution in [0, 0.1) is 17.3 Å². The van der Waals surface area contributed by atoms with Crippen molar-refractivity contribution in [3.63, 3.8) is 0 Å². The number of nitrogens with zero attached hydrogens (tertiary/aromatic N) is 1. The van der Waals surface area contributed by atoms with Crippen LogP contribution in [-0.4, -0.2) is 59.4 Å². The number of aliphatic hydroxyl groups is 1. The summed E-state index contributed by atoms with van der Waals surface area (Å²) in [5.41, 5.74) is 7.32. The minimum atomic E-state index is -0.616. The number of hydrogen-bond acceptors (Lipinski definition) is 6. The van der Waals surface area contributed by atoms with E-state index in [2.05, 4.69) is 15.6 Å². The molecule has 1 saturated carbocycles. The summed E-state index contributed by atoms with van der Waals surface area (Å²) in [7, 11) is 0. The van der Waals surface area contributed by atoms with E-state index in [0.29, 0.717) is 37.4 Å². The number of piperidine rings is 1. The normalized spacial score (nSPS) is 37.7. The van der Waals surface area contributed by atoms with Crippen LogP contribution in [-0.2, 0) is 4.74 Å². The number of aliphatic hydroxyl groups excluding tert-OH is 1. The van der Waals surface area contributed by atoms with E-state index in [9.17, 15) is 9.90 Å². The summed E-state index contributed by atoms with van der Waals surface area (Å²) < 4.78 is 5.37. The number of rotatable bonds is 5. The highest BCUT2D eigenvalue weighted by atomic mass is 35.5. The van der Waals surface area contributed by atoms with E-state index in [-0.39, 0.29) is 29.3 Å². The summed E-state index contributed by atoms with van der Waals surface area (Å²) >= 11 is 7.04. The fourth-order valence-corrected chi connectivity index (χ4v) is 6.24. The molecule has 2 aromatic rings. The molecule has 5 rings (SSSR count). The molecule has 30 heavy (non-hydrogen) atoms. The van der Waals surface area contributed by atoms with E-state index in [1.165, 1.54) is 0 Å². The number of halogens is 1. The van der Waals surface area contributed by atoms with Crippen molar-refractivity contribution in [3.8, 4) is 0 Å². The van der Waals surface area contributed by atoms with Crippen LogP contribution >= 0.6 is 11.6 Å². The molecular weight excluding hydrogens is 404 g/mol. The van der Waals surface area contributed by atoms with Crippen LogP contribution in [0.3, 0.4) is 0 Å². The fraction of sp³-hybridized carbons (Fsp3) is 0.545. The number of para-hydroxylation sites is 1. The molecule has 6 atom stereocenters. The second kappa shape index (κ2) is 7.43. The highest BCUT2D eigenvalue weighted by Gasteiger charge is 2.80. The third kappa shape index (κ3) is 2.95. The monoisotopic (exact) mass is 430 g/mol. The Kier molecular flexibility index (Phi) is 4.99. The number of alkyl halides is 1. The lowest BCUT2D eigenvalue weighted by molar-refractivity contribution is -0.0519. The minimum absolute atomic E-state index is 0.0462. The molecule has 5 N–H and O–H groups in total. The smallest absolute Gasteiger partial charge is 0.253 e. The number of pyridine rings is 1. The van der Waals surface area contributed by atoms with Crippen LogP contribution in [0.4, 0.5) is 0 Å². The van der Waals surface area contributed by atoms with E-state index in [1.54, 1.807) is 12.3 Å². The SMILES string of the molecule is NC1NCC2(CC3CCOCC3O)C(CNC(=O)c3cccc4cccnc34)C12Cl. The molecule has 1 aromatic heterocycles. The molecule has 2 saturated heterocycles. The number of benzene rings is 1. The van der Waals surface area contributed by atoms with Gasteiger partial charge in [-0.25, -0.2) is 0 Å². The minimum Gasteiger partial charge on any atom is -0.390 e. The Labute approximate surface area is 180 Å². The Bertz CT molecular complexity index is 969. The number of carbonyl (C=O) groups excluding carboxylic acids is 1. The molecule has 6 unspecified atom stereocenters. The molecular formula is C22H27ClN4O3. The van der Waals surface area contributed by atoms with E-state index in [0.717, 1.165) is 18.2 Å². The molecule has 1 aromatic carbocycles. The van der Waals surface area contributed by atoms with Gasteiger partial charge in [0.2, 0.25) is 0 Å². The van der Waals surface area contributed by atoms with Crippen molar-refractivity contribution in [1.82, 2.24) is 15.6 Å². The van der Waals surface area contributed by atoms with Gasteiger partial charge >= 0.3 is 0 Å². The maximum absolute atomic E-state index is 12.9. The van der Waals surface area contributed by atoms with Gasteiger partial charge < -0.3 is 20.9 Å². The molecule has 0 bridgehead atoms. The maximum atomic E-state index is 12.9. The van der Waals surface area contributed by atoms with Gasteiger partial charge in [-0.05, 0) is 30.9 Å². The summed E-state index contributed by atoms with van der Waals surface area (Å²) in [4.78, 5) is 16.7. The number of aromatic nitrogens is 1. The zero-order valence-corrected chi connectivity index (χ0v) is 17.4. The Morgan fingerprint density at radius 1 is 1.40 bits per heavy atom. The quantitative estimate of drug-likeness (QED) is 0.531. The zero-order chi connectivity index (χ0) is 20.9. The third-order valence-corrected chi connectivity index (χ3v) is 8.26. The van der Waals surface area contributed by atoms with Gasteiger partial charge in [-0.3, -0.25) is 15.1 Å². The first-order valence-electron chi connectivity index (χ1n) is 10.5. The lowest BCUT2D eigenvalue weighted by Crippen LogP contribution is -2.44. The van der Waals surface area contributed by atoms with Crippen molar-refractivity contribution in [2.45, 2.75) is 30.0 Å². The Morgan fingerprint density at radius 2 is 2.23 bits per heavy atom. The lowest BCUT2D eigenvalue weighted by Gasteiger charge is -2.31. The van der Waals surface area contributed by atoms with Crippen LogP contribution in [0.1, 0.15) is 23.2 Å². The van der Waals surface area contributed by atoms with Crippen molar-refractivity contribution >= 4 is 28.4 Å². The molecule has 0 spiro atoms. The topological polar surface area (TPSA) is 110 Å². The lowest BCUT2D eigenvalue weighted by atomic mass is 9.83. The summed E-state index contributed by atoms with van der Waals surface area (Å²) in [6.45, 7) is 2.16. The van der Waals surface area contributed by atoms with E-state index >= 15 is 0 Å². The Hall–Kier alpha value is -1.77. The van der Waals surface area contributed by atoms with Gasteiger partial charge in [-0.15, -0.1) is 11.6 Å². The Morgan fingerprint density at radius 3 is 3.07 bits per heavy atom. The average molecular weight is 431 g/mol. The van der Waals surface area contributed by atoms with Crippen molar-refractivity contribution in [2.24, 2.45) is 23.0 Å². The second-order valence-electron chi connectivity index (χ2n) is 8.82. The van der Waals surface area contributed by atoms with E-state index < -0.39 is 11.0 Å². The predicted octanol–water partition coefficient (Wildman–Crippen LogP) is 1.23. The van der Waals surface area contributed by atoms with Crippen LogP contribution in [0.5, 0.6) is 0 Å². The molecule has 3 heterocycles. The van der Waals surface area contributed by atoms with E-state index in [1.807, 2.05) is 24.3 Å². The van der Waals surface area contributed by atoms with Gasteiger partial charge in [0.15, 0.2) is 0 Å². The predicted molar refractivity (Wildman–Crippen MR) is 114 cm³/mol. The van der Waals surface area contributed by atoms with E-state index in [4.69, 9.17) is 22.1 Å². The number of nitrogens with one attached hydrogen (secondary N) is 2. The van der Waals surface area contributed by atoms with Gasteiger partial charge in [0.05, 0.1) is 34.8 Å². The molecule has 2 aliphatic heterocycles. The number of ether oxygens (including phenoxy) is 1. The average Bonchev–Trinajstić information content (AvgIpc) is 3.17. The van der Waals surface area contributed by atoms with Gasteiger partial charge in [-0.2, -0.15) is 0 Å². The Balaban J connectivity index is 1.32. The van der Waals surface area contributed by atoms with Crippen molar-refractivity contribution in [2.75, 3.05) is 26.3 Å². The molecule has 8 heteroatoms.